The van der Waals surface area contributed by atoms with Crippen molar-refractivity contribution in [2.24, 2.45) is 4.99 Å². The van der Waals surface area contributed by atoms with Gasteiger partial charge in [0.15, 0.2) is 4.80 Å². The molecular formula is C27H28N2O4S. The van der Waals surface area contributed by atoms with E-state index in [1.807, 2.05) is 54.6 Å². The number of benzene rings is 2. The Morgan fingerprint density at radius 1 is 1.06 bits per heavy atom. The molecule has 1 aromatic heterocycles. The van der Waals surface area contributed by atoms with Gasteiger partial charge < -0.3 is 9.47 Å². The van der Waals surface area contributed by atoms with E-state index in [0.717, 1.165) is 16.9 Å². The van der Waals surface area contributed by atoms with Crippen molar-refractivity contribution in [3.63, 3.8) is 0 Å². The van der Waals surface area contributed by atoms with Gasteiger partial charge in [-0.2, -0.15) is 0 Å². The quantitative estimate of drug-likeness (QED) is 0.539. The molecule has 3 aromatic rings. The molecule has 0 radical (unpaired) electrons. The Balaban J connectivity index is 1.91. The molecule has 1 atom stereocenters. The molecule has 1 aliphatic heterocycles. The fourth-order valence-electron chi connectivity index (χ4n) is 4.02. The first-order chi connectivity index (χ1) is 16.1. The number of fused-ring (bicyclic) bond motifs is 1. The number of hydrogen-bond acceptors (Lipinski definition) is 6. The third kappa shape index (κ3) is 4.35. The molecule has 2 aromatic carbocycles. The second kappa shape index (κ2) is 9.06. The Kier molecular flexibility index (Phi) is 6.32. The molecule has 1 aliphatic rings. The number of carbonyl (C=O) groups excluding carboxylic acids is 1. The van der Waals surface area contributed by atoms with Crippen LogP contribution in [0, 0.1) is 0 Å². The Morgan fingerprint density at radius 3 is 2.26 bits per heavy atom. The molecule has 0 bridgehead atoms. The lowest BCUT2D eigenvalue weighted by molar-refractivity contribution is -0.136. The Bertz CT molecular complexity index is 1440. The van der Waals surface area contributed by atoms with Crippen LogP contribution in [0.1, 0.15) is 50.4 Å². The number of thiazole rings is 1. The van der Waals surface area contributed by atoms with E-state index in [-0.39, 0.29) is 11.0 Å². The van der Waals surface area contributed by atoms with Crippen molar-refractivity contribution in [3.8, 4) is 5.75 Å². The minimum atomic E-state index is -0.615. The summed E-state index contributed by atoms with van der Waals surface area (Å²) < 4.78 is 12.4. The van der Waals surface area contributed by atoms with Gasteiger partial charge >= 0.3 is 5.97 Å². The SMILES string of the molecule is COC(=O)C1=C(C)N=c2s/c(=C/c3ccc(OC)cc3)c(=O)n2C1c1ccc(C(C)(C)C)cc1. The number of allylic oxidation sites excluding steroid dienone is 1. The van der Waals surface area contributed by atoms with Crippen LogP contribution < -0.4 is 19.6 Å². The number of ether oxygens (including phenoxy) is 2. The lowest BCUT2D eigenvalue weighted by Gasteiger charge is -2.25. The number of aromatic nitrogens is 1. The van der Waals surface area contributed by atoms with Crippen molar-refractivity contribution in [3.05, 3.63) is 96.2 Å². The zero-order chi connectivity index (χ0) is 24.6. The standard InChI is InChI=1S/C27H28N2O4S/c1-16-22(25(31)33-6)23(18-9-11-19(12-10-18)27(2,3)4)29-24(30)21(34-26(29)28-16)15-17-7-13-20(32-5)14-8-17/h7-15,23H,1-6H3/b21-15+. The summed E-state index contributed by atoms with van der Waals surface area (Å²) in [6.07, 6.45) is 1.83. The summed E-state index contributed by atoms with van der Waals surface area (Å²) in [5.41, 5.74) is 3.59. The maximum Gasteiger partial charge on any atom is 0.338 e. The van der Waals surface area contributed by atoms with Crippen molar-refractivity contribution < 1.29 is 14.3 Å². The molecule has 1 unspecified atom stereocenters. The van der Waals surface area contributed by atoms with Crippen LogP contribution in [0.25, 0.3) is 6.08 Å². The number of rotatable bonds is 4. The highest BCUT2D eigenvalue weighted by Gasteiger charge is 2.33. The van der Waals surface area contributed by atoms with Gasteiger partial charge in [0.25, 0.3) is 5.56 Å². The van der Waals surface area contributed by atoms with Crippen LogP contribution in [-0.2, 0) is 14.9 Å². The first kappa shape index (κ1) is 23.7. The average Bonchev–Trinajstić information content (AvgIpc) is 3.12. The van der Waals surface area contributed by atoms with E-state index in [1.54, 1.807) is 18.6 Å². The van der Waals surface area contributed by atoms with Gasteiger partial charge in [0, 0.05) is 0 Å². The lowest BCUT2D eigenvalue weighted by Crippen LogP contribution is -2.39. The molecule has 0 aliphatic carbocycles. The summed E-state index contributed by atoms with van der Waals surface area (Å²) in [6, 6.07) is 14.9. The second-order valence-corrected chi connectivity index (χ2v) is 10.2. The van der Waals surface area contributed by atoms with Crippen molar-refractivity contribution in [1.82, 2.24) is 4.57 Å². The van der Waals surface area contributed by atoms with Gasteiger partial charge in [-0.25, -0.2) is 9.79 Å². The van der Waals surface area contributed by atoms with Gasteiger partial charge in [-0.05, 0) is 47.2 Å². The molecule has 0 N–H and O–H groups in total. The third-order valence-electron chi connectivity index (χ3n) is 5.93. The highest BCUT2D eigenvalue weighted by molar-refractivity contribution is 7.07. The number of methoxy groups -OCH3 is 2. The van der Waals surface area contributed by atoms with Gasteiger partial charge in [-0.15, -0.1) is 0 Å². The highest BCUT2D eigenvalue weighted by Crippen LogP contribution is 2.32. The average molecular weight is 477 g/mol. The molecule has 4 rings (SSSR count). The number of hydrogen-bond donors (Lipinski definition) is 0. The van der Waals surface area contributed by atoms with Crippen molar-refractivity contribution in [1.29, 1.82) is 0 Å². The summed E-state index contributed by atoms with van der Waals surface area (Å²) in [4.78, 5) is 31.5. The fraction of sp³-hybridized carbons (Fsp3) is 0.296. The normalized spacial score (nSPS) is 16.2. The first-order valence-electron chi connectivity index (χ1n) is 11.0. The van der Waals surface area contributed by atoms with E-state index < -0.39 is 12.0 Å². The summed E-state index contributed by atoms with van der Waals surface area (Å²) in [7, 11) is 2.96. The lowest BCUT2D eigenvalue weighted by atomic mass is 9.85. The fourth-order valence-corrected chi connectivity index (χ4v) is 5.07. The monoisotopic (exact) mass is 476 g/mol. The number of esters is 1. The third-order valence-corrected chi connectivity index (χ3v) is 6.92. The maximum atomic E-state index is 13.6. The second-order valence-electron chi connectivity index (χ2n) is 9.22. The molecule has 6 nitrogen and oxygen atoms in total. The minimum Gasteiger partial charge on any atom is -0.497 e. The molecule has 176 valence electrons. The molecule has 2 heterocycles. The van der Waals surface area contributed by atoms with Gasteiger partial charge in [-0.1, -0.05) is 68.5 Å². The van der Waals surface area contributed by atoms with Gasteiger partial charge in [-0.3, -0.25) is 9.36 Å². The van der Waals surface area contributed by atoms with Gasteiger partial charge in [0.1, 0.15) is 5.75 Å². The molecule has 0 saturated carbocycles. The van der Waals surface area contributed by atoms with Crippen LogP contribution in [-0.4, -0.2) is 24.8 Å². The zero-order valence-corrected chi connectivity index (χ0v) is 21.0. The predicted molar refractivity (Wildman–Crippen MR) is 134 cm³/mol. The van der Waals surface area contributed by atoms with Crippen LogP contribution in [0.4, 0.5) is 0 Å². The first-order valence-corrected chi connectivity index (χ1v) is 11.8. The van der Waals surface area contributed by atoms with E-state index in [4.69, 9.17) is 9.47 Å². The van der Waals surface area contributed by atoms with Crippen LogP contribution in [0.2, 0.25) is 0 Å². The zero-order valence-electron chi connectivity index (χ0n) is 20.2. The van der Waals surface area contributed by atoms with Crippen LogP contribution >= 0.6 is 11.3 Å². The minimum absolute atomic E-state index is 0.0117. The molecule has 7 heteroatoms. The molecule has 34 heavy (non-hydrogen) atoms. The topological polar surface area (TPSA) is 69.9 Å². The van der Waals surface area contributed by atoms with E-state index >= 15 is 0 Å². The summed E-state index contributed by atoms with van der Waals surface area (Å²) >= 11 is 1.31. The molecule has 0 saturated heterocycles. The van der Waals surface area contributed by atoms with Crippen molar-refractivity contribution >= 4 is 23.4 Å². The largest absolute Gasteiger partial charge is 0.497 e. The van der Waals surface area contributed by atoms with E-state index in [0.29, 0.717) is 20.6 Å². The number of carbonyl (C=O) groups is 1. The van der Waals surface area contributed by atoms with Crippen LogP contribution in [0.5, 0.6) is 5.75 Å². The van der Waals surface area contributed by atoms with E-state index in [9.17, 15) is 9.59 Å². The Morgan fingerprint density at radius 2 is 1.71 bits per heavy atom. The summed E-state index contributed by atoms with van der Waals surface area (Å²) in [6.45, 7) is 8.22. The highest BCUT2D eigenvalue weighted by atomic mass is 32.1. The van der Waals surface area contributed by atoms with E-state index in [2.05, 4.69) is 25.8 Å². The predicted octanol–water partition coefficient (Wildman–Crippen LogP) is 3.71. The van der Waals surface area contributed by atoms with Crippen LogP contribution in [0.15, 0.2) is 69.6 Å². The van der Waals surface area contributed by atoms with Gasteiger partial charge in [0.05, 0.1) is 36.1 Å². The molecular weight excluding hydrogens is 448 g/mol. The molecule has 0 amide bonds. The maximum absolute atomic E-state index is 13.6. The van der Waals surface area contributed by atoms with Crippen molar-refractivity contribution in [2.45, 2.75) is 39.2 Å². The number of nitrogens with zero attached hydrogens (tertiary/aromatic N) is 2. The Labute approximate surface area is 202 Å². The van der Waals surface area contributed by atoms with Crippen LogP contribution in [0.3, 0.4) is 0 Å². The van der Waals surface area contributed by atoms with Crippen molar-refractivity contribution in [2.75, 3.05) is 14.2 Å². The smallest absolute Gasteiger partial charge is 0.338 e. The Hall–Kier alpha value is -3.45. The van der Waals surface area contributed by atoms with E-state index in [1.165, 1.54) is 24.0 Å². The van der Waals surface area contributed by atoms with Gasteiger partial charge in [0.2, 0.25) is 0 Å². The molecule has 0 fully saturated rings. The molecule has 0 spiro atoms. The summed E-state index contributed by atoms with van der Waals surface area (Å²) in [5.74, 6) is 0.256. The summed E-state index contributed by atoms with van der Waals surface area (Å²) in [5, 5.41) is 0.